The molecule has 3 heteroatoms. The first-order chi connectivity index (χ1) is 12.6. The van der Waals surface area contributed by atoms with Gasteiger partial charge >= 0.3 is 0 Å². The van der Waals surface area contributed by atoms with Crippen LogP contribution in [0.15, 0.2) is 54.6 Å². The standard InChI is InChI=1S/C23H23N3/c1-4-19-21(17-12-10-16(11-13-17)15(2)3)20(14-24)23(25)26-22(19)18-8-6-5-7-9-18/h5-13,15H,4H2,1-3H3,(H2,25,26). The van der Waals surface area contributed by atoms with Crippen LogP contribution in [0.4, 0.5) is 5.82 Å². The number of nitriles is 1. The zero-order valence-electron chi connectivity index (χ0n) is 15.5. The summed E-state index contributed by atoms with van der Waals surface area (Å²) < 4.78 is 0. The summed E-state index contributed by atoms with van der Waals surface area (Å²) >= 11 is 0. The molecule has 0 spiro atoms. The molecule has 0 amide bonds. The lowest BCUT2D eigenvalue weighted by Crippen LogP contribution is -2.05. The summed E-state index contributed by atoms with van der Waals surface area (Å²) in [5.74, 6) is 0.749. The molecular weight excluding hydrogens is 318 g/mol. The van der Waals surface area contributed by atoms with E-state index in [4.69, 9.17) is 5.73 Å². The van der Waals surface area contributed by atoms with Gasteiger partial charge in [-0.05, 0) is 29.0 Å². The summed E-state index contributed by atoms with van der Waals surface area (Å²) in [4.78, 5) is 4.57. The van der Waals surface area contributed by atoms with E-state index in [0.717, 1.165) is 34.4 Å². The second-order valence-corrected chi connectivity index (χ2v) is 6.68. The highest BCUT2D eigenvalue weighted by Crippen LogP contribution is 2.37. The molecule has 0 bridgehead atoms. The number of hydrogen-bond donors (Lipinski definition) is 1. The summed E-state index contributed by atoms with van der Waals surface area (Å²) in [6.45, 7) is 6.43. The highest BCUT2D eigenvalue weighted by Gasteiger charge is 2.19. The lowest BCUT2D eigenvalue weighted by atomic mass is 9.89. The lowest BCUT2D eigenvalue weighted by molar-refractivity contribution is 0.867. The fraction of sp³-hybridized carbons (Fsp3) is 0.217. The van der Waals surface area contributed by atoms with Crippen molar-refractivity contribution in [1.82, 2.24) is 4.98 Å². The maximum atomic E-state index is 9.71. The van der Waals surface area contributed by atoms with Crippen molar-refractivity contribution in [2.24, 2.45) is 0 Å². The molecule has 0 aliphatic carbocycles. The number of benzene rings is 2. The number of hydrogen-bond acceptors (Lipinski definition) is 3. The Balaban J connectivity index is 2.29. The number of nitrogen functional groups attached to an aromatic ring is 1. The lowest BCUT2D eigenvalue weighted by Gasteiger charge is -2.17. The molecule has 2 aromatic carbocycles. The highest BCUT2D eigenvalue weighted by molar-refractivity contribution is 5.84. The second kappa shape index (κ2) is 7.41. The molecule has 0 atom stereocenters. The Morgan fingerprint density at radius 1 is 1.00 bits per heavy atom. The molecule has 0 unspecified atom stereocenters. The third kappa shape index (κ3) is 3.19. The molecule has 130 valence electrons. The number of anilines is 1. The Labute approximate surface area is 155 Å². The van der Waals surface area contributed by atoms with Crippen LogP contribution in [-0.2, 0) is 6.42 Å². The second-order valence-electron chi connectivity index (χ2n) is 6.68. The maximum Gasteiger partial charge on any atom is 0.142 e. The van der Waals surface area contributed by atoms with Gasteiger partial charge in [-0.2, -0.15) is 5.26 Å². The monoisotopic (exact) mass is 341 g/mol. The smallest absolute Gasteiger partial charge is 0.142 e. The Kier molecular flexibility index (Phi) is 5.04. The summed E-state index contributed by atoms with van der Waals surface area (Å²) in [6, 6.07) is 20.7. The Bertz CT molecular complexity index is 949. The van der Waals surface area contributed by atoms with Crippen LogP contribution in [0, 0.1) is 11.3 Å². The average Bonchev–Trinajstić information content (AvgIpc) is 2.67. The van der Waals surface area contributed by atoms with E-state index >= 15 is 0 Å². The predicted molar refractivity (Wildman–Crippen MR) is 108 cm³/mol. The summed E-state index contributed by atoms with van der Waals surface area (Å²) in [7, 11) is 0. The van der Waals surface area contributed by atoms with Crippen LogP contribution in [-0.4, -0.2) is 4.98 Å². The minimum atomic E-state index is 0.284. The van der Waals surface area contributed by atoms with Crippen molar-refractivity contribution < 1.29 is 0 Å². The van der Waals surface area contributed by atoms with Crippen LogP contribution in [0.3, 0.4) is 0 Å². The van der Waals surface area contributed by atoms with Gasteiger partial charge in [0.15, 0.2) is 0 Å². The molecule has 0 aliphatic heterocycles. The zero-order chi connectivity index (χ0) is 18.7. The number of nitrogens with two attached hydrogens (primary N) is 1. The minimum Gasteiger partial charge on any atom is -0.383 e. The van der Waals surface area contributed by atoms with E-state index in [1.165, 1.54) is 5.56 Å². The number of rotatable bonds is 4. The zero-order valence-corrected chi connectivity index (χ0v) is 15.5. The molecule has 1 heterocycles. The molecule has 1 aromatic heterocycles. The van der Waals surface area contributed by atoms with E-state index in [-0.39, 0.29) is 5.82 Å². The van der Waals surface area contributed by atoms with E-state index < -0.39 is 0 Å². The first-order valence-electron chi connectivity index (χ1n) is 8.95. The van der Waals surface area contributed by atoms with Crippen molar-refractivity contribution in [2.45, 2.75) is 33.1 Å². The summed E-state index contributed by atoms with van der Waals surface area (Å²) in [6.07, 6.45) is 0.771. The molecule has 0 aliphatic rings. The predicted octanol–water partition coefficient (Wildman–Crippen LogP) is 5.56. The quantitative estimate of drug-likeness (QED) is 0.676. The van der Waals surface area contributed by atoms with Gasteiger partial charge in [-0.3, -0.25) is 0 Å². The van der Waals surface area contributed by atoms with E-state index in [1.807, 2.05) is 30.3 Å². The van der Waals surface area contributed by atoms with Crippen LogP contribution >= 0.6 is 0 Å². The Hall–Kier alpha value is -3.12. The van der Waals surface area contributed by atoms with Gasteiger partial charge < -0.3 is 5.73 Å². The SMILES string of the molecule is CCc1c(-c2ccccc2)nc(N)c(C#N)c1-c1ccc(C(C)C)cc1. The highest BCUT2D eigenvalue weighted by atomic mass is 14.9. The van der Waals surface area contributed by atoms with Gasteiger partial charge in [0.05, 0.1) is 5.69 Å². The van der Waals surface area contributed by atoms with Gasteiger partial charge in [-0.1, -0.05) is 75.4 Å². The fourth-order valence-electron chi connectivity index (χ4n) is 3.29. The molecule has 26 heavy (non-hydrogen) atoms. The van der Waals surface area contributed by atoms with E-state index in [0.29, 0.717) is 11.5 Å². The van der Waals surface area contributed by atoms with Crippen LogP contribution in [0.25, 0.3) is 22.4 Å². The minimum absolute atomic E-state index is 0.284. The molecule has 2 N–H and O–H groups in total. The van der Waals surface area contributed by atoms with Crippen molar-refractivity contribution in [1.29, 1.82) is 5.26 Å². The van der Waals surface area contributed by atoms with E-state index in [9.17, 15) is 5.26 Å². The molecular formula is C23H23N3. The number of pyridine rings is 1. The van der Waals surface area contributed by atoms with Crippen molar-refractivity contribution in [3.63, 3.8) is 0 Å². The van der Waals surface area contributed by atoms with Gasteiger partial charge in [0.2, 0.25) is 0 Å². The summed E-state index contributed by atoms with van der Waals surface area (Å²) in [5, 5.41) is 9.71. The van der Waals surface area contributed by atoms with Crippen LogP contribution in [0.2, 0.25) is 0 Å². The van der Waals surface area contributed by atoms with Crippen LogP contribution in [0.1, 0.15) is 43.4 Å². The Morgan fingerprint density at radius 3 is 2.19 bits per heavy atom. The van der Waals surface area contributed by atoms with E-state index in [1.54, 1.807) is 0 Å². The van der Waals surface area contributed by atoms with Gasteiger partial charge in [-0.15, -0.1) is 0 Å². The first kappa shape index (κ1) is 17.7. The van der Waals surface area contributed by atoms with Crippen molar-refractivity contribution >= 4 is 5.82 Å². The molecule has 0 fully saturated rings. The van der Waals surface area contributed by atoms with Crippen molar-refractivity contribution in [3.8, 4) is 28.5 Å². The molecule has 0 saturated carbocycles. The largest absolute Gasteiger partial charge is 0.383 e. The van der Waals surface area contributed by atoms with Crippen molar-refractivity contribution in [2.75, 3.05) is 5.73 Å². The summed E-state index contributed by atoms with van der Waals surface area (Å²) in [5.41, 5.74) is 12.7. The third-order valence-electron chi connectivity index (χ3n) is 4.70. The van der Waals surface area contributed by atoms with E-state index in [2.05, 4.69) is 56.1 Å². The molecule has 0 radical (unpaired) electrons. The maximum absolute atomic E-state index is 9.71. The number of aromatic nitrogens is 1. The average molecular weight is 341 g/mol. The van der Waals surface area contributed by atoms with Gasteiger partial charge in [0.25, 0.3) is 0 Å². The third-order valence-corrected chi connectivity index (χ3v) is 4.70. The topological polar surface area (TPSA) is 62.7 Å². The molecule has 3 aromatic rings. The molecule has 3 nitrogen and oxygen atoms in total. The van der Waals surface area contributed by atoms with Crippen LogP contribution < -0.4 is 5.73 Å². The van der Waals surface area contributed by atoms with Gasteiger partial charge in [-0.25, -0.2) is 4.98 Å². The Morgan fingerprint density at radius 2 is 1.65 bits per heavy atom. The van der Waals surface area contributed by atoms with Crippen LogP contribution in [0.5, 0.6) is 0 Å². The van der Waals surface area contributed by atoms with Gasteiger partial charge in [0, 0.05) is 11.1 Å². The van der Waals surface area contributed by atoms with Crippen molar-refractivity contribution in [3.05, 3.63) is 71.3 Å². The number of nitrogens with zero attached hydrogens (tertiary/aromatic N) is 2. The first-order valence-corrected chi connectivity index (χ1v) is 8.95. The van der Waals surface area contributed by atoms with Gasteiger partial charge in [0.1, 0.15) is 17.5 Å². The molecule has 0 saturated heterocycles. The fourth-order valence-corrected chi connectivity index (χ4v) is 3.29. The molecule has 3 rings (SSSR count). The normalized spacial score (nSPS) is 10.7.